The monoisotopic (exact) mass is 272 g/mol. The zero-order chi connectivity index (χ0) is 13.2. The van der Waals surface area contributed by atoms with E-state index in [1.165, 1.54) is 29.1 Å². The van der Waals surface area contributed by atoms with E-state index < -0.39 is 0 Å². The fraction of sp³-hybridized carbons (Fsp3) is 0.375. The number of benzene rings is 1. The van der Waals surface area contributed by atoms with Gasteiger partial charge in [-0.05, 0) is 54.5 Å². The summed E-state index contributed by atoms with van der Waals surface area (Å²) in [6.45, 7) is 0. The Balaban J connectivity index is 1.75. The average molecular weight is 272 g/mol. The molecule has 3 heteroatoms. The van der Waals surface area contributed by atoms with Crippen molar-refractivity contribution in [2.75, 3.05) is 24.3 Å². The Kier molecular flexibility index (Phi) is 3.47. The van der Waals surface area contributed by atoms with Crippen LogP contribution in [0.5, 0.6) is 0 Å². The van der Waals surface area contributed by atoms with Crippen LogP contribution in [0.4, 0.5) is 11.4 Å². The van der Waals surface area contributed by atoms with Gasteiger partial charge in [-0.2, -0.15) is 0 Å². The number of rotatable bonds is 5. The average Bonchev–Trinajstić information content (AvgIpc) is 3.11. The molecule has 0 amide bonds. The molecule has 1 aliphatic rings. The molecule has 3 rings (SSSR count). The molecule has 1 N–H and O–H groups in total. The first-order chi connectivity index (χ1) is 9.24. The number of thiophene rings is 1. The van der Waals surface area contributed by atoms with Crippen molar-refractivity contribution in [2.45, 2.75) is 18.9 Å². The van der Waals surface area contributed by atoms with Crippen LogP contribution < -0.4 is 10.2 Å². The van der Waals surface area contributed by atoms with Crippen LogP contribution in [-0.4, -0.2) is 14.1 Å². The lowest BCUT2D eigenvalue weighted by atomic mass is 10.1. The standard InChI is InChI=1S/C16H20N2S/c1-18(2)14-9-7-13(8-10-14)17-16(12-5-6-12)15-4-3-11-19-15/h3-4,7-12,16-17H,5-6H2,1-2H3. The van der Waals surface area contributed by atoms with Gasteiger partial charge in [-0.15, -0.1) is 11.3 Å². The highest BCUT2D eigenvalue weighted by atomic mass is 32.1. The van der Waals surface area contributed by atoms with Crippen molar-refractivity contribution in [3.8, 4) is 0 Å². The van der Waals surface area contributed by atoms with Gasteiger partial charge in [0.05, 0.1) is 6.04 Å². The zero-order valence-electron chi connectivity index (χ0n) is 11.5. The van der Waals surface area contributed by atoms with E-state index in [-0.39, 0.29) is 0 Å². The summed E-state index contributed by atoms with van der Waals surface area (Å²) in [5.41, 5.74) is 2.46. The summed E-state index contributed by atoms with van der Waals surface area (Å²) < 4.78 is 0. The molecular formula is C16H20N2S. The second-order valence-corrected chi connectivity index (χ2v) is 6.40. The molecule has 100 valence electrons. The molecule has 1 aromatic carbocycles. The van der Waals surface area contributed by atoms with Crippen molar-refractivity contribution < 1.29 is 0 Å². The maximum absolute atomic E-state index is 3.70. The van der Waals surface area contributed by atoms with Crippen molar-refractivity contribution >= 4 is 22.7 Å². The van der Waals surface area contributed by atoms with Gasteiger partial charge in [-0.3, -0.25) is 0 Å². The molecule has 1 unspecified atom stereocenters. The molecule has 0 saturated heterocycles. The highest BCUT2D eigenvalue weighted by Gasteiger charge is 2.32. The molecule has 2 aromatic rings. The van der Waals surface area contributed by atoms with E-state index in [1.54, 1.807) is 0 Å². The van der Waals surface area contributed by atoms with Crippen LogP contribution in [-0.2, 0) is 0 Å². The minimum Gasteiger partial charge on any atom is -0.378 e. The Labute approximate surface area is 119 Å². The third-order valence-corrected chi connectivity index (χ3v) is 4.60. The lowest BCUT2D eigenvalue weighted by Gasteiger charge is -2.19. The maximum atomic E-state index is 3.70. The smallest absolute Gasteiger partial charge is 0.0634 e. The van der Waals surface area contributed by atoms with Crippen molar-refractivity contribution in [1.82, 2.24) is 0 Å². The first kappa shape index (κ1) is 12.5. The number of hydrogen-bond donors (Lipinski definition) is 1. The molecule has 1 atom stereocenters. The van der Waals surface area contributed by atoms with Gasteiger partial charge >= 0.3 is 0 Å². The van der Waals surface area contributed by atoms with Crippen molar-refractivity contribution in [2.24, 2.45) is 5.92 Å². The van der Waals surface area contributed by atoms with Gasteiger partial charge in [0.1, 0.15) is 0 Å². The van der Waals surface area contributed by atoms with Gasteiger partial charge in [-0.25, -0.2) is 0 Å². The van der Waals surface area contributed by atoms with Crippen LogP contribution in [0.1, 0.15) is 23.8 Å². The predicted molar refractivity (Wildman–Crippen MR) is 84.2 cm³/mol. The van der Waals surface area contributed by atoms with Gasteiger partial charge in [0.2, 0.25) is 0 Å². The van der Waals surface area contributed by atoms with Gasteiger partial charge in [-0.1, -0.05) is 6.07 Å². The molecule has 2 nitrogen and oxygen atoms in total. The van der Waals surface area contributed by atoms with Gasteiger partial charge in [0, 0.05) is 30.3 Å². The van der Waals surface area contributed by atoms with Gasteiger partial charge < -0.3 is 10.2 Å². The Hall–Kier alpha value is -1.48. The molecule has 0 spiro atoms. The Morgan fingerprint density at radius 2 is 1.89 bits per heavy atom. The summed E-state index contributed by atoms with van der Waals surface area (Å²) in [4.78, 5) is 3.58. The minimum atomic E-state index is 0.491. The highest BCUT2D eigenvalue weighted by Crippen LogP contribution is 2.44. The van der Waals surface area contributed by atoms with Gasteiger partial charge in [0.25, 0.3) is 0 Å². The van der Waals surface area contributed by atoms with Crippen LogP contribution in [0.2, 0.25) is 0 Å². The predicted octanol–water partition coefficient (Wildman–Crippen LogP) is 4.38. The van der Waals surface area contributed by atoms with Crippen LogP contribution in [0.3, 0.4) is 0 Å². The largest absolute Gasteiger partial charge is 0.378 e. The maximum Gasteiger partial charge on any atom is 0.0634 e. The van der Waals surface area contributed by atoms with E-state index in [0.29, 0.717) is 6.04 Å². The van der Waals surface area contributed by atoms with E-state index >= 15 is 0 Å². The number of hydrogen-bond acceptors (Lipinski definition) is 3. The molecule has 0 radical (unpaired) electrons. The summed E-state index contributed by atoms with van der Waals surface area (Å²) in [5, 5.41) is 5.87. The number of anilines is 2. The topological polar surface area (TPSA) is 15.3 Å². The molecular weight excluding hydrogens is 252 g/mol. The molecule has 1 aromatic heterocycles. The molecule has 1 heterocycles. The van der Waals surface area contributed by atoms with E-state index in [4.69, 9.17) is 0 Å². The third kappa shape index (κ3) is 2.92. The fourth-order valence-corrected chi connectivity index (χ4v) is 3.22. The third-order valence-electron chi connectivity index (χ3n) is 3.65. The SMILES string of the molecule is CN(C)c1ccc(NC(c2cccs2)C2CC2)cc1. The normalized spacial score (nSPS) is 16.1. The highest BCUT2D eigenvalue weighted by molar-refractivity contribution is 7.10. The van der Waals surface area contributed by atoms with Crippen molar-refractivity contribution in [3.63, 3.8) is 0 Å². The van der Waals surface area contributed by atoms with E-state index in [1.807, 2.05) is 11.3 Å². The van der Waals surface area contributed by atoms with E-state index in [0.717, 1.165) is 5.92 Å². The van der Waals surface area contributed by atoms with Crippen LogP contribution in [0.15, 0.2) is 41.8 Å². The second-order valence-electron chi connectivity index (χ2n) is 5.42. The lowest BCUT2D eigenvalue weighted by Crippen LogP contribution is -2.12. The van der Waals surface area contributed by atoms with Crippen molar-refractivity contribution in [3.05, 3.63) is 46.7 Å². The molecule has 0 aliphatic heterocycles. The molecule has 1 saturated carbocycles. The molecule has 19 heavy (non-hydrogen) atoms. The minimum absolute atomic E-state index is 0.491. The van der Waals surface area contributed by atoms with Crippen LogP contribution >= 0.6 is 11.3 Å². The first-order valence-corrected chi connectivity index (χ1v) is 7.69. The summed E-state index contributed by atoms with van der Waals surface area (Å²) in [5.74, 6) is 0.812. The molecule has 0 bridgehead atoms. The lowest BCUT2D eigenvalue weighted by molar-refractivity contribution is 0.691. The Morgan fingerprint density at radius 1 is 1.16 bits per heavy atom. The Morgan fingerprint density at radius 3 is 2.42 bits per heavy atom. The second kappa shape index (κ2) is 5.25. The summed E-state index contributed by atoms with van der Waals surface area (Å²) in [7, 11) is 4.14. The quantitative estimate of drug-likeness (QED) is 0.869. The molecule has 1 fully saturated rings. The fourth-order valence-electron chi connectivity index (χ4n) is 2.35. The van der Waals surface area contributed by atoms with Crippen LogP contribution in [0.25, 0.3) is 0 Å². The Bertz CT molecular complexity index is 512. The molecule has 1 aliphatic carbocycles. The van der Waals surface area contributed by atoms with Gasteiger partial charge in [0.15, 0.2) is 0 Å². The number of nitrogens with zero attached hydrogens (tertiary/aromatic N) is 1. The van der Waals surface area contributed by atoms with Crippen molar-refractivity contribution in [1.29, 1.82) is 0 Å². The van der Waals surface area contributed by atoms with E-state index in [2.05, 4.69) is 66.1 Å². The summed E-state index contributed by atoms with van der Waals surface area (Å²) in [6.07, 6.45) is 2.71. The number of nitrogens with one attached hydrogen (secondary N) is 1. The summed E-state index contributed by atoms with van der Waals surface area (Å²) >= 11 is 1.86. The van der Waals surface area contributed by atoms with E-state index in [9.17, 15) is 0 Å². The first-order valence-electron chi connectivity index (χ1n) is 6.81. The summed E-state index contributed by atoms with van der Waals surface area (Å²) in [6, 6.07) is 13.6. The zero-order valence-corrected chi connectivity index (χ0v) is 12.3. The van der Waals surface area contributed by atoms with Crippen LogP contribution in [0, 0.1) is 5.92 Å².